The summed E-state index contributed by atoms with van der Waals surface area (Å²) in [6.45, 7) is 0. The molecule has 0 spiro atoms. The minimum atomic E-state index is -4.76. The summed E-state index contributed by atoms with van der Waals surface area (Å²) in [5, 5.41) is 0. The minimum Gasteiger partial charge on any atom is -0.403 e. The van der Waals surface area contributed by atoms with Gasteiger partial charge in [-0.1, -0.05) is 35.2 Å². The van der Waals surface area contributed by atoms with E-state index in [0.717, 1.165) is 25.7 Å². The molecule has 0 aromatic heterocycles. The van der Waals surface area contributed by atoms with Crippen LogP contribution >= 0.6 is 15.9 Å². The van der Waals surface area contributed by atoms with Gasteiger partial charge in [0.05, 0.1) is 0 Å². The van der Waals surface area contributed by atoms with Crippen LogP contribution in [0.4, 0.5) is 18.9 Å². The van der Waals surface area contributed by atoms with Crippen molar-refractivity contribution in [2.75, 3.05) is 0 Å². The van der Waals surface area contributed by atoms with Crippen molar-refractivity contribution in [3.05, 3.63) is 22.7 Å². The maximum atomic E-state index is 12.4. The Bertz CT molecular complexity index is 525. The number of hydrogen-bond donors (Lipinski definition) is 1. The molecular formula is C14H16BrF3N2O. The second-order valence-corrected chi connectivity index (χ2v) is 5.95. The van der Waals surface area contributed by atoms with E-state index in [1.54, 1.807) is 6.07 Å². The molecule has 0 saturated heterocycles. The molecule has 0 atom stereocenters. The van der Waals surface area contributed by atoms with E-state index < -0.39 is 6.36 Å². The third-order valence-corrected chi connectivity index (χ3v) is 3.91. The maximum Gasteiger partial charge on any atom is 0.573 e. The number of halogens is 4. The summed E-state index contributed by atoms with van der Waals surface area (Å²) < 4.78 is 41.8. The van der Waals surface area contributed by atoms with Gasteiger partial charge in [-0.05, 0) is 31.0 Å². The quantitative estimate of drug-likeness (QED) is 0.611. The van der Waals surface area contributed by atoms with Crippen LogP contribution in [0.3, 0.4) is 0 Å². The van der Waals surface area contributed by atoms with Gasteiger partial charge in [-0.15, -0.1) is 13.2 Å². The average Bonchev–Trinajstić information content (AvgIpc) is 2.41. The highest BCUT2D eigenvalue weighted by molar-refractivity contribution is 9.10. The standard InChI is InChI=1S/C14H16BrF3N2O/c15-10-6-7-11(12(8-10)21-14(16,17)18)20-13(19)9-4-2-1-3-5-9/h6-9H,1-5H2,(H2,19,20). The fourth-order valence-corrected chi connectivity index (χ4v) is 2.76. The van der Waals surface area contributed by atoms with Gasteiger partial charge < -0.3 is 10.5 Å². The summed E-state index contributed by atoms with van der Waals surface area (Å²) >= 11 is 3.12. The molecule has 0 bridgehead atoms. The normalized spacial score (nSPS) is 17.8. The van der Waals surface area contributed by atoms with Crippen LogP contribution in [0.2, 0.25) is 0 Å². The fourth-order valence-electron chi connectivity index (χ4n) is 2.42. The van der Waals surface area contributed by atoms with Crippen molar-refractivity contribution in [3.63, 3.8) is 0 Å². The average molecular weight is 365 g/mol. The van der Waals surface area contributed by atoms with Crippen LogP contribution in [-0.2, 0) is 0 Å². The van der Waals surface area contributed by atoms with Crippen LogP contribution in [0.25, 0.3) is 0 Å². The number of alkyl halides is 3. The van der Waals surface area contributed by atoms with Gasteiger partial charge in [0.2, 0.25) is 0 Å². The molecule has 1 fully saturated rings. The first-order valence-corrected chi connectivity index (χ1v) is 7.54. The number of nitrogens with two attached hydrogens (primary N) is 1. The van der Waals surface area contributed by atoms with Gasteiger partial charge in [0.25, 0.3) is 0 Å². The molecule has 0 unspecified atom stereocenters. The number of amidine groups is 1. The van der Waals surface area contributed by atoms with Crippen molar-refractivity contribution < 1.29 is 17.9 Å². The highest BCUT2D eigenvalue weighted by atomic mass is 79.9. The molecule has 0 radical (unpaired) electrons. The van der Waals surface area contributed by atoms with Crippen LogP contribution in [0.1, 0.15) is 32.1 Å². The predicted molar refractivity (Wildman–Crippen MR) is 78.7 cm³/mol. The van der Waals surface area contributed by atoms with E-state index in [1.807, 2.05) is 0 Å². The Balaban J connectivity index is 2.25. The second kappa shape index (κ2) is 6.68. The first kappa shape index (κ1) is 16.1. The van der Waals surface area contributed by atoms with E-state index in [2.05, 4.69) is 25.7 Å². The van der Waals surface area contributed by atoms with E-state index in [0.29, 0.717) is 10.3 Å². The number of nitrogens with zero attached hydrogens (tertiary/aromatic N) is 1. The molecule has 1 aromatic rings. The third-order valence-electron chi connectivity index (χ3n) is 3.42. The number of aliphatic imine (C=N–C) groups is 1. The topological polar surface area (TPSA) is 47.6 Å². The van der Waals surface area contributed by atoms with Crippen LogP contribution in [0, 0.1) is 5.92 Å². The number of ether oxygens (including phenoxy) is 1. The fraction of sp³-hybridized carbons (Fsp3) is 0.500. The monoisotopic (exact) mass is 364 g/mol. The zero-order valence-electron chi connectivity index (χ0n) is 11.3. The Hall–Kier alpha value is -1.24. The zero-order chi connectivity index (χ0) is 15.5. The van der Waals surface area contributed by atoms with Crippen molar-refractivity contribution in [2.45, 2.75) is 38.5 Å². The highest BCUT2D eigenvalue weighted by Gasteiger charge is 2.32. The van der Waals surface area contributed by atoms with Gasteiger partial charge in [-0.3, -0.25) is 0 Å². The summed E-state index contributed by atoms with van der Waals surface area (Å²) in [7, 11) is 0. The molecule has 2 rings (SSSR count). The Kier molecular flexibility index (Phi) is 5.13. The number of hydrogen-bond acceptors (Lipinski definition) is 2. The lowest BCUT2D eigenvalue weighted by Gasteiger charge is -2.21. The molecular weight excluding hydrogens is 349 g/mol. The smallest absolute Gasteiger partial charge is 0.403 e. The molecule has 116 valence electrons. The van der Waals surface area contributed by atoms with E-state index >= 15 is 0 Å². The lowest BCUT2D eigenvalue weighted by Crippen LogP contribution is -2.25. The molecule has 0 amide bonds. The first-order valence-electron chi connectivity index (χ1n) is 6.74. The Morgan fingerprint density at radius 1 is 1.24 bits per heavy atom. The van der Waals surface area contributed by atoms with Gasteiger partial charge in [0, 0.05) is 10.4 Å². The van der Waals surface area contributed by atoms with Crippen LogP contribution < -0.4 is 10.5 Å². The Morgan fingerprint density at radius 3 is 2.52 bits per heavy atom. The molecule has 0 heterocycles. The van der Waals surface area contributed by atoms with E-state index in [-0.39, 0.29) is 17.4 Å². The van der Waals surface area contributed by atoms with E-state index in [4.69, 9.17) is 5.73 Å². The van der Waals surface area contributed by atoms with Crippen molar-refractivity contribution in [1.82, 2.24) is 0 Å². The van der Waals surface area contributed by atoms with Gasteiger partial charge in [-0.25, -0.2) is 4.99 Å². The lowest BCUT2D eigenvalue weighted by molar-refractivity contribution is -0.274. The first-order chi connectivity index (χ1) is 9.85. The number of benzene rings is 1. The predicted octanol–water partition coefficient (Wildman–Crippen LogP) is 4.92. The maximum absolute atomic E-state index is 12.4. The molecule has 1 aromatic carbocycles. The molecule has 3 nitrogen and oxygen atoms in total. The van der Waals surface area contributed by atoms with Gasteiger partial charge in [0.1, 0.15) is 11.5 Å². The van der Waals surface area contributed by atoms with Crippen LogP contribution in [-0.4, -0.2) is 12.2 Å². The number of rotatable bonds is 3. The van der Waals surface area contributed by atoms with Crippen molar-refractivity contribution in [1.29, 1.82) is 0 Å². The summed E-state index contributed by atoms with van der Waals surface area (Å²) in [6, 6.07) is 4.30. The Morgan fingerprint density at radius 2 is 1.90 bits per heavy atom. The lowest BCUT2D eigenvalue weighted by atomic mass is 9.88. The molecule has 1 aliphatic rings. The van der Waals surface area contributed by atoms with E-state index in [1.165, 1.54) is 18.6 Å². The van der Waals surface area contributed by atoms with Gasteiger partial charge >= 0.3 is 6.36 Å². The van der Waals surface area contributed by atoms with Crippen molar-refractivity contribution in [3.8, 4) is 5.75 Å². The summed E-state index contributed by atoms with van der Waals surface area (Å²) in [5.74, 6) is 0.167. The van der Waals surface area contributed by atoms with Crippen LogP contribution in [0.5, 0.6) is 5.75 Å². The summed E-state index contributed by atoms with van der Waals surface area (Å²) in [5.41, 5.74) is 6.05. The molecule has 21 heavy (non-hydrogen) atoms. The van der Waals surface area contributed by atoms with E-state index in [9.17, 15) is 13.2 Å². The largest absolute Gasteiger partial charge is 0.573 e. The van der Waals surface area contributed by atoms with Crippen molar-refractivity contribution in [2.24, 2.45) is 16.6 Å². The highest BCUT2D eigenvalue weighted by Crippen LogP contribution is 2.35. The minimum absolute atomic E-state index is 0.0959. The van der Waals surface area contributed by atoms with Crippen LogP contribution in [0.15, 0.2) is 27.7 Å². The Labute approximate surface area is 129 Å². The zero-order valence-corrected chi connectivity index (χ0v) is 12.9. The summed E-state index contributed by atoms with van der Waals surface area (Å²) in [6.07, 6.45) is 0.429. The SMILES string of the molecule is NC(=Nc1ccc(Br)cc1OC(F)(F)F)C1CCCCC1. The summed E-state index contributed by atoms with van der Waals surface area (Å²) in [4.78, 5) is 4.16. The second-order valence-electron chi connectivity index (χ2n) is 5.03. The van der Waals surface area contributed by atoms with Gasteiger partial charge in [-0.2, -0.15) is 0 Å². The molecule has 1 saturated carbocycles. The molecule has 0 aliphatic heterocycles. The molecule has 2 N–H and O–H groups in total. The van der Waals surface area contributed by atoms with Gasteiger partial charge in [0.15, 0.2) is 5.75 Å². The van der Waals surface area contributed by atoms with Crippen molar-refractivity contribution >= 4 is 27.5 Å². The molecule has 1 aliphatic carbocycles. The third kappa shape index (κ3) is 4.91. The molecule has 7 heteroatoms.